The van der Waals surface area contributed by atoms with Crippen LogP contribution in [0.25, 0.3) is 5.70 Å². The Morgan fingerprint density at radius 3 is 2.96 bits per heavy atom. The van der Waals surface area contributed by atoms with Gasteiger partial charge in [0.1, 0.15) is 0 Å². The first-order chi connectivity index (χ1) is 12.6. The molecule has 0 bridgehead atoms. The summed E-state index contributed by atoms with van der Waals surface area (Å²) in [5, 5.41) is 3.46. The summed E-state index contributed by atoms with van der Waals surface area (Å²) in [5.41, 5.74) is 5.15. The zero-order chi connectivity index (χ0) is 18.3. The summed E-state index contributed by atoms with van der Waals surface area (Å²) >= 11 is 1.77. The highest BCUT2D eigenvalue weighted by molar-refractivity contribution is 8.16. The third-order valence-corrected chi connectivity index (χ3v) is 6.74. The minimum absolute atomic E-state index is 0.135. The van der Waals surface area contributed by atoms with E-state index in [-0.39, 0.29) is 5.97 Å². The zero-order valence-corrected chi connectivity index (χ0v) is 16.6. The van der Waals surface area contributed by atoms with Crippen LogP contribution in [0.15, 0.2) is 16.5 Å². The molecule has 0 spiro atoms. The van der Waals surface area contributed by atoms with Crippen LogP contribution in [0.2, 0.25) is 0 Å². The Labute approximate surface area is 159 Å². The average Bonchev–Trinajstić information content (AvgIpc) is 3.28. The number of fused-ring (bicyclic) bond motifs is 3. The molecule has 0 saturated heterocycles. The SMILES string of the molecule is COC(=O)CCCn1c(C)cc(C2=CSC3=N[C@H]4CCCC[C@@H]4N23)c1C. The smallest absolute Gasteiger partial charge is 0.305 e. The van der Waals surface area contributed by atoms with Gasteiger partial charge in [-0.05, 0) is 39.2 Å². The Morgan fingerprint density at radius 1 is 1.35 bits per heavy atom. The number of hydrogen-bond acceptors (Lipinski definition) is 5. The zero-order valence-electron chi connectivity index (χ0n) is 15.8. The fourth-order valence-electron chi connectivity index (χ4n) is 4.50. The molecule has 140 valence electrons. The molecule has 4 rings (SSSR count). The van der Waals surface area contributed by atoms with E-state index in [2.05, 4.69) is 34.8 Å². The summed E-state index contributed by atoms with van der Waals surface area (Å²) in [7, 11) is 1.45. The van der Waals surface area contributed by atoms with E-state index in [1.54, 1.807) is 11.8 Å². The maximum absolute atomic E-state index is 11.4. The molecule has 1 saturated carbocycles. The number of amidine groups is 1. The van der Waals surface area contributed by atoms with Gasteiger partial charge >= 0.3 is 5.97 Å². The normalized spacial score (nSPS) is 24.2. The first-order valence-electron chi connectivity index (χ1n) is 9.58. The predicted octanol–water partition coefficient (Wildman–Crippen LogP) is 4.09. The van der Waals surface area contributed by atoms with Crippen molar-refractivity contribution in [2.24, 2.45) is 4.99 Å². The molecule has 0 N–H and O–H groups in total. The quantitative estimate of drug-likeness (QED) is 0.730. The summed E-state index contributed by atoms with van der Waals surface area (Å²) < 4.78 is 7.08. The molecule has 6 heteroatoms. The molecule has 5 nitrogen and oxygen atoms in total. The molecular weight excluding hydrogens is 346 g/mol. The van der Waals surface area contributed by atoms with E-state index in [0.29, 0.717) is 18.5 Å². The molecule has 26 heavy (non-hydrogen) atoms. The topological polar surface area (TPSA) is 46.8 Å². The molecule has 1 aromatic heterocycles. The lowest BCUT2D eigenvalue weighted by atomic mass is 9.90. The van der Waals surface area contributed by atoms with Crippen LogP contribution in [0.4, 0.5) is 0 Å². The van der Waals surface area contributed by atoms with E-state index in [1.165, 1.54) is 60.6 Å². The summed E-state index contributed by atoms with van der Waals surface area (Å²) in [6, 6.07) is 3.32. The summed E-state index contributed by atoms with van der Waals surface area (Å²) in [5.74, 6) is -0.135. The Kier molecular flexibility index (Phi) is 4.86. The second kappa shape index (κ2) is 7.14. The van der Waals surface area contributed by atoms with Gasteiger partial charge in [0.25, 0.3) is 0 Å². The van der Waals surface area contributed by atoms with Crippen LogP contribution in [0, 0.1) is 13.8 Å². The second-order valence-electron chi connectivity index (χ2n) is 7.44. The number of aromatic nitrogens is 1. The third kappa shape index (κ3) is 2.98. The molecule has 1 aromatic rings. The Hall–Kier alpha value is -1.69. The van der Waals surface area contributed by atoms with Gasteiger partial charge in [-0.2, -0.15) is 0 Å². The van der Waals surface area contributed by atoms with E-state index < -0.39 is 0 Å². The fraction of sp³-hybridized carbons (Fsp3) is 0.600. The Balaban J connectivity index is 1.54. The molecule has 0 unspecified atom stereocenters. The highest BCUT2D eigenvalue weighted by atomic mass is 32.2. The van der Waals surface area contributed by atoms with Gasteiger partial charge in [-0.3, -0.25) is 9.79 Å². The van der Waals surface area contributed by atoms with E-state index in [0.717, 1.165) is 13.0 Å². The third-order valence-electron chi connectivity index (χ3n) is 5.88. The number of aryl methyl sites for hydroxylation is 1. The Bertz CT molecular complexity index is 780. The van der Waals surface area contributed by atoms with E-state index in [9.17, 15) is 4.79 Å². The lowest BCUT2D eigenvalue weighted by Crippen LogP contribution is -2.38. The van der Waals surface area contributed by atoms with Crippen molar-refractivity contribution in [3.8, 4) is 0 Å². The summed E-state index contributed by atoms with van der Waals surface area (Å²) in [6.07, 6.45) is 6.36. The fourth-order valence-corrected chi connectivity index (χ4v) is 5.51. The lowest BCUT2D eigenvalue weighted by Gasteiger charge is -2.32. The molecule has 3 heterocycles. The molecular formula is C20H27N3O2S. The first-order valence-corrected chi connectivity index (χ1v) is 10.5. The van der Waals surface area contributed by atoms with Crippen LogP contribution in [-0.4, -0.2) is 39.8 Å². The average molecular weight is 374 g/mol. The van der Waals surface area contributed by atoms with Gasteiger partial charge in [0, 0.05) is 35.3 Å². The van der Waals surface area contributed by atoms with Crippen molar-refractivity contribution in [1.29, 1.82) is 0 Å². The number of carbonyl (C=O) groups is 1. The highest BCUT2D eigenvalue weighted by Crippen LogP contribution is 2.45. The molecule has 2 aliphatic heterocycles. The molecule has 0 radical (unpaired) electrons. The van der Waals surface area contributed by atoms with Crippen molar-refractivity contribution < 1.29 is 9.53 Å². The second-order valence-corrected chi connectivity index (χ2v) is 8.27. The number of nitrogens with zero attached hydrogens (tertiary/aromatic N) is 3. The molecule has 1 fully saturated rings. The van der Waals surface area contributed by atoms with E-state index in [4.69, 9.17) is 9.73 Å². The van der Waals surface area contributed by atoms with Crippen LogP contribution in [0.3, 0.4) is 0 Å². The van der Waals surface area contributed by atoms with Gasteiger partial charge in [-0.25, -0.2) is 0 Å². The van der Waals surface area contributed by atoms with Crippen molar-refractivity contribution in [3.05, 3.63) is 28.4 Å². The highest BCUT2D eigenvalue weighted by Gasteiger charge is 2.42. The van der Waals surface area contributed by atoms with Gasteiger partial charge in [0.2, 0.25) is 0 Å². The van der Waals surface area contributed by atoms with Crippen LogP contribution in [-0.2, 0) is 16.1 Å². The molecule has 0 aromatic carbocycles. The standard InChI is InChI=1S/C20H27N3O2S/c1-13-11-15(14(2)22(13)10-6-9-19(24)25-3)18-12-26-20-21-16-7-4-5-8-17(16)23(18)20/h11-12,16-17H,4-10H2,1-3H3/t16-,17-/m0/s1. The number of thioether (sulfide) groups is 1. The van der Waals surface area contributed by atoms with Crippen molar-refractivity contribution in [1.82, 2.24) is 9.47 Å². The van der Waals surface area contributed by atoms with E-state index in [1.807, 2.05) is 0 Å². The van der Waals surface area contributed by atoms with Crippen molar-refractivity contribution >= 4 is 28.6 Å². The predicted molar refractivity (Wildman–Crippen MR) is 106 cm³/mol. The van der Waals surface area contributed by atoms with Gasteiger partial charge in [-0.1, -0.05) is 24.6 Å². The lowest BCUT2D eigenvalue weighted by molar-refractivity contribution is -0.140. The van der Waals surface area contributed by atoms with Crippen molar-refractivity contribution in [2.75, 3.05) is 7.11 Å². The number of aliphatic imine (C=N–C) groups is 1. The van der Waals surface area contributed by atoms with E-state index >= 15 is 0 Å². The maximum atomic E-state index is 11.4. The monoisotopic (exact) mass is 373 g/mol. The molecule has 1 aliphatic carbocycles. The number of esters is 1. The van der Waals surface area contributed by atoms with Crippen molar-refractivity contribution in [2.45, 2.75) is 71.0 Å². The van der Waals surface area contributed by atoms with Gasteiger partial charge in [0.15, 0.2) is 5.17 Å². The number of carbonyl (C=O) groups excluding carboxylic acids is 1. The van der Waals surface area contributed by atoms with Gasteiger partial charge < -0.3 is 14.2 Å². The summed E-state index contributed by atoms with van der Waals surface area (Å²) in [6.45, 7) is 5.19. The number of ether oxygens (including phenoxy) is 1. The minimum Gasteiger partial charge on any atom is -0.469 e. The number of hydrogen-bond donors (Lipinski definition) is 0. The maximum Gasteiger partial charge on any atom is 0.305 e. The van der Waals surface area contributed by atoms with Crippen molar-refractivity contribution in [3.63, 3.8) is 0 Å². The molecule has 0 amide bonds. The molecule has 2 atom stereocenters. The van der Waals surface area contributed by atoms with Crippen LogP contribution in [0.5, 0.6) is 0 Å². The number of methoxy groups -OCH3 is 1. The van der Waals surface area contributed by atoms with Gasteiger partial charge in [-0.15, -0.1) is 0 Å². The molecule has 3 aliphatic rings. The van der Waals surface area contributed by atoms with Crippen LogP contribution >= 0.6 is 11.8 Å². The largest absolute Gasteiger partial charge is 0.469 e. The minimum atomic E-state index is -0.135. The number of rotatable bonds is 5. The van der Waals surface area contributed by atoms with Gasteiger partial charge in [0.05, 0.1) is 24.9 Å². The van der Waals surface area contributed by atoms with Crippen LogP contribution < -0.4 is 0 Å². The summed E-state index contributed by atoms with van der Waals surface area (Å²) in [4.78, 5) is 18.9. The van der Waals surface area contributed by atoms with Crippen LogP contribution in [0.1, 0.15) is 55.5 Å². The first kappa shape index (κ1) is 17.7. The Morgan fingerprint density at radius 2 is 2.15 bits per heavy atom.